The second-order valence-electron chi connectivity index (χ2n) is 2.81. The Kier molecular flexibility index (Phi) is 3.36. The van der Waals surface area contributed by atoms with Crippen molar-refractivity contribution in [2.75, 3.05) is 0 Å². The lowest BCUT2D eigenvalue weighted by molar-refractivity contribution is -0.104. The van der Waals surface area contributed by atoms with Gasteiger partial charge in [0.1, 0.15) is 17.9 Å². The van der Waals surface area contributed by atoms with Gasteiger partial charge in [-0.2, -0.15) is 0 Å². The van der Waals surface area contributed by atoms with Gasteiger partial charge in [0.2, 0.25) is 0 Å². The third-order valence-corrected chi connectivity index (χ3v) is 1.96. The smallest absolute Gasteiger partial charge is 0.145 e. The first-order valence-electron chi connectivity index (χ1n) is 3.81. The Hall–Kier alpha value is -1.22. The number of hydrogen-bond donors (Lipinski definition) is 0. The van der Waals surface area contributed by atoms with Gasteiger partial charge in [0, 0.05) is 12.5 Å². The molecule has 0 atom stereocenters. The van der Waals surface area contributed by atoms with Crippen LogP contribution in [0.5, 0.6) is 0 Å². The summed E-state index contributed by atoms with van der Waals surface area (Å²) in [6, 6.07) is 1.84. The fourth-order valence-electron chi connectivity index (χ4n) is 0.986. The summed E-state index contributed by atoms with van der Waals surface area (Å²) < 4.78 is 25.8. The van der Waals surface area contributed by atoms with Crippen LogP contribution in [0.15, 0.2) is 24.3 Å². The lowest BCUT2D eigenvalue weighted by Crippen LogP contribution is -1.96. The van der Waals surface area contributed by atoms with Crippen LogP contribution >= 0.6 is 11.6 Å². The second kappa shape index (κ2) is 4.33. The molecule has 1 aromatic carbocycles. The van der Waals surface area contributed by atoms with Crippen LogP contribution in [0.1, 0.15) is 5.56 Å². The first kappa shape index (κ1) is 10.9. The number of carbonyl (C=O) groups excluding carboxylic acids is 1. The monoisotopic (exact) mass is 216 g/mol. The number of halogens is 3. The lowest BCUT2D eigenvalue weighted by atomic mass is 10.1. The zero-order valence-corrected chi connectivity index (χ0v) is 7.94. The molecule has 0 heterocycles. The fourth-order valence-corrected chi connectivity index (χ4v) is 1.17. The molecule has 0 aliphatic heterocycles. The molecular weight excluding hydrogens is 210 g/mol. The quantitative estimate of drug-likeness (QED) is 0.431. The Morgan fingerprint density at radius 1 is 1.43 bits per heavy atom. The summed E-state index contributed by atoms with van der Waals surface area (Å²) in [6.45, 7) is 3.39. The molecule has 0 aliphatic rings. The van der Waals surface area contributed by atoms with E-state index in [9.17, 15) is 13.6 Å². The van der Waals surface area contributed by atoms with Crippen molar-refractivity contribution in [2.24, 2.45) is 0 Å². The van der Waals surface area contributed by atoms with Crippen molar-refractivity contribution in [3.05, 3.63) is 46.5 Å². The van der Waals surface area contributed by atoms with Crippen molar-refractivity contribution >= 4 is 17.9 Å². The van der Waals surface area contributed by atoms with Crippen molar-refractivity contribution in [1.82, 2.24) is 0 Å². The zero-order chi connectivity index (χ0) is 10.7. The van der Waals surface area contributed by atoms with Gasteiger partial charge in [0.15, 0.2) is 0 Å². The zero-order valence-electron chi connectivity index (χ0n) is 7.19. The van der Waals surface area contributed by atoms with E-state index in [0.29, 0.717) is 12.4 Å². The summed E-state index contributed by atoms with van der Waals surface area (Å²) in [4.78, 5) is 10.2. The van der Waals surface area contributed by atoms with E-state index in [1.807, 2.05) is 0 Å². The lowest BCUT2D eigenvalue weighted by Gasteiger charge is -2.03. The minimum Gasteiger partial charge on any atom is -0.298 e. The molecule has 0 aromatic heterocycles. The van der Waals surface area contributed by atoms with Crippen molar-refractivity contribution in [1.29, 1.82) is 0 Å². The average Bonchev–Trinajstić information content (AvgIpc) is 2.14. The molecule has 0 saturated heterocycles. The second-order valence-corrected chi connectivity index (χ2v) is 3.22. The van der Waals surface area contributed by atoms with Crippen LogP contribution in [0.4, 0.5) is 8.78 Å². The Labute approximate surface area is 85.0 Å². The van der Waals surface area contributed by atoms with Crippen LogP contribution in [-0.4, -0.2) is 6.29 Å². The molecule has 1 aromatic rings. The van der Waals surface area contributed by atoms with E-state index in [0.717, 1.165) is 6.07 Å². The predicted octanol–water partition coefficient (Wildman–Crippen LogP) is 2.92. The van der Waals surface area contributed by atoms with E-state index in [-0.39, 0.29) is 22.6 Å². The number of benzene rings is 1. The maximum atomic E-state index is 13.1. The first-order valence-corrected chi connectivity index (χ1v) is 4.18. The third-order valence-electron chi connectivity index (χ3n) is 1.67. The highest BCUT2D eigenvalue weighted by Gasteiger charge is 2.09. The third kappa shape index (κ3) is 2.39. The summed E-state index contributed by atoms with van der Waals surface area (Å²) >= 11 is 5.45. The highest BCUT2D eigenvalue weighted by atomic mass is 35.5. The van der Waals surface area contributed by atoms with Crippen LogP contribution in [0, 0.1) is 11.6 Å². The van der Waals surface area contributed by atoms with Gasteiger partial charge in [0.25, 0.3) is 0 Å². The summed E-state index contributed by atoms with van der Waals surface area (Å²) in [5.74, 6) is -1.54. The van der Waals surface area contributed by atoms with E-state index in [1.54, 1.807) is 0 Å². The van der Waals surface area contributed by atoms with Crippen LogP contribution in [0.2, 0.25) is 5.02 Å². The predicted molar refractivity (Wildman–Crippen MR) is 50.3 cm³/mol. The van der Waals surface area contributed by atoms with Crippen LogP contribution < -0.4 is 0 Å². The average molecular weight is 217 g/mol. The van der Waals surface area contributed by atoms with Gasteiger partial charge in [-0.25, -0.2) is 8.78 Å². The molecule has 0 saturated carbocycles. The maximum Gasteiger partial charge on any atom is 0.145 e. The highest BCUT2D eigenvalue weighted by Crippen LogP contribution is 2.20. The molecule has 0 bridgehead atoms. The molecule has 0 aliphatic carbocycles. The summed E-state index contributed by atoms with van der Waals surface area (Å²) in [5, 5.41) is -0.167. The molecule has 14 heavy (non-hydrogen) atoms. The molecule has 4 heteroatoms. The van der Waals surface area contributed by atoms with Gasteiger partial charge in [-0.1, -0.05) is 18.2 Å². The molecule has 74 valence electrons. The Bertz CT molecular complexity index is 388. The van der Waals surface area contributed by atoms with Crippen molar-refractivity contribution in [2.45, 2.75) is 6.42 Å². The van der Waals surface area contributed by atoms with E-state index in [2.05, 4.69) is 6.58 Å². The van der Waals surface area contributed by atoms with Crippen molar-refractivity contribution < 1.29 is 13.6 Å². The van der Waals surface area contributed by atoms with Gasteiger partial charge in [-0.15, -0.1) is 0 Å². The molecule has 0 amide bonds. The van der Waals surface area contributed by atoms with E-state index >= 15 is 0 Å². The van der Waals surface area contributed by atoms with Gasteiger partial charge < -0.3 is 0 Å². The first-order chi connectivity index (χ1) is 6.54. The molecule has 1 rings (SSSR count). The Balaban J connectivity index is 3.03. The van der Waals surface area contributed by atoms with Crippen LogP contribution in [-0.2, 0) is 11.2 Å². The number of allylic oxidation sites excluding steroid dienone is 1. The molecule has 0 N–H and O–H groups in total. The van der Waals surface area contributed by atoms with E-state index < -0.39 is 11.6 Å². The molecule has 0 radical (unpaired) electrons. The molecule has 0 unspecified atom stereocenters. The number of hydrogen-bond acceptors (Lipinski definition) is 1. The van der Waals surface area contributed by atoms with Gasteiger partial charge in [-0.3, -0.25) is 4.79 Å². The Morgan fingerprint density at radius 2 is 2.07 bits per heavy atom. The van der Waals surface area contributed by atoms with Gasteiger partial charge in [0.05, 0.1) is 5.02 Å². The summed E-state index contributed by atoms with van der Waals surface area (Å²) in [6.07, 6.45) is 0.562. The Morgan fingerprint density at radius 3 is 2.64 bits per heavy atom. The van der Waals surface area contributed by atoms with E-state index in [1.165, 1.54) is 0 Å². The van der Waals surface area contributed by atoms with Crippen LogP contribution in [0.25, 0.3) is 0 Å². The minimum atomic E-state index is -0.815. The largest absolute Gasteiger partial charge is 0.298 e. The maximum absolute atomic E-state index is 13.1. The molecule has 0 fully saturated rings. The number of aldehydes is 1. The molecule has 0 spiro atoms. The SMILES string of the molecule is C=C(C=O)Cc1cc(Cl)c(F)cc1F. The van der Waals surface area contributed by atoms with Gasteiger partial charge in [-0.05, 0) is 17.2 Å². The standard InChI is InChI=1S/C10H7ClF2O/c1-6(5-14)2-7-3-8(11)10(13)4-9(7)12/h3-5H,1-2H2. The fraction of sp³-hybridized carbons (Fsp3) is 0.100. The minimum absolute atomic E-state index is 0.0370. The molecular formula is C10H7ClF2O. The van der Waals surface area contributed by atoms with Gasteiger partial charge >= 0.3 is 0 Å². The van der Waals surface area contributed by atoms with Crippen molar-refractivity contribution in [3.63, 3.8) is 0 Å². The topological polar surface area (TPSA) is 17.1 Å². The number of rotatable bonds is 3. The van der Waals surface area contributed by atoms with Crippen molar-refractivity contribution in [3.8, 4) is 0 Å². The molecule has 1 nitrogen and oxygen atoms in total. The summed E-state index contributed by atoms with van der Waals surface area (Å²) in [5.41, 5.74) is 0.375. The highest BCUT2D eigenvalue weighted by molar-refractivity contribution is 6.30. The number of carbonyl (C=O) groups is 1. The van der Waals surface area contributed by atoms with Crippen LogP contribution in [0.3, 0.4) is 0 Å². The normalized spacial score (nSPS) is 9.93. The van der Waals surface area contributed by atoms with E-state index in [4.69, 9.17) is 11.6 Å². The summed E-state index contributed by atoms with van der Waals surface area (Å²) in [7, 11) is 0.